The summed E-state index contributed by atoms with van der Waals surface area (Å²) in [4.78, 5) is 0. The Morgan fingerprint density at radius 3 is 2.17 bits per heavy atom. The molecule has 1 nitrogen and oxygen atoms in total. The number of hydrogen-bond donors (Lipinski definition) is 1. The summed E-state index contributed by atoms with van der Waals surface area (Å²) in [5, 5.41) is 12.3. The molecule has 18 heavy (non-hydrogen) atoms. The Kier molecular flexibility index (Phi) is 3.95. The van der Waals surface area contributed by atoms with Crippen LogP contribution in [-0.2, 0) is 5.41 Å². The quantitative estimate of drug-likeness (QED) is 0.833. The lowest BCUT2D eigenvalue weighted by atomic mass is 9.86. The Labute approximate surface area is 121 Å². The van der Waals surface area contributed by atoms with Crippen LogP contribution < -0.4 is 0 Å². The Morgan fingerprint density at radius 2 is 1.72 bits per heavy atom. The zero-order valence-electron chi connectivity index (χ0n) is 10.8. The number of rotatable bonds is 2. The van der Waals surface area contributed by atoms with E-state index in [4.69, 9.17) is 0 Å². The van der Waals surface area contributed by atoms with Gasteiger partial charge in [-0.3, -0.25) is 0 Å². The van der Waals surface area contributed by atoms with Gasteiger partial charge in [-0.05, 0) is 49.5 Å². The van der Waals surface area contributed by atoms with E-state index in [-0.39, 0.29) is 5.41 Å². The minimum absolute atomic E-state index is 0.148. The highest BCUT2D eigenvalue weighted by molar-refractivity contribution is 9.11. The largest absolute Gasteiger partial charge is 0.384 e. The molecule has 1 aromatic carbocycles. The normalized spacial score (nSPS) is 13.6. The average Bonchev–Trinajstić information content (AvgIpc) is 2.74. The number of halogens is 1. The van der Waals surface area contributed by atoms with Crippen molar-refractivity contribution in [2.45, 2.75) is 32.3 Å². The number of thiophene rings is 1. The molecule has 2 aromatic rings. The van der Waals surface area contributed by atoms with Crippen molar-refractivity contribution < 1.29 is 5.11 Å². The number of aliphatic hydroxyl groups excluding tert-OH is 1. The van der Waals surface area contributed by atoms with Gasteiger partial charge >= 0.3 is 0 Å². The lowest BCUT2D eigenvalue weighted by molar-refractivity contribution is 0.220. The van der Waals surface area contributed by atoms with Gasteiger partial charge in [0, 0.05) is 0 Å². The smallest absolute Gasteiger partial charge is 0.105 e. The van der Waals surface area contributed by atoms with Gasteiger partial charge in [-0.2, -0.15) is 0 Å². The van der Waals surface area contributed by atoms with Crippen LogP contribution in [0.25, 0.3) is 0 Å². The zero-order valence-corrected chi connectivity index (χ0v) is 13.2. The van der Waals surface area contributed by atoms with Gasteiger partial charge in [-0.1, -0.05) is 45.0 Å². The molecular formula is C15H17BrOS. The summed E-state index contributed by atoms with van der Waals surface area (Å²) in [5.41, 5.74) is 3.31. The second kappa shape index (κ2) is 5.16. The van der Waals surface area contributed by atoms with Crippen molar-refractivity contribution in [1.29, 1.82) is 0 Å². The first-order valence-electron chi connectivity index (χ1n) is 5.90. The van der Waals surface area contributed by atoms with Gasteiger partial charge in [-0.25, -0.2) is 0 Å². The van der Waals surface area contributed by atoms with E-state index in [1.54, 1.807) is 11.3 Å². The predicted molar refractivity (Wildman–Crippen MR) is 81.2 cm³/mol. The predicted octanol–water partition coefficient (Wildman–Crippen LogP) is 4.89. The third-order valence-corrected chi connectivity index (χ3v) is 4.52. The van der Waals surface area contributed by atoms with E-state index in [2.05, 4.69) is 48.8 Å². The summed E-state index contributed by atoms with van der Waals surface area (Å²) in [6.07, 6.45) is -0.540. The molecule has 1 aromatic heterocycles. The second-order valence-electron chi connectivity index (χ2n) is 5.46. The Hall–Kier alpha value is -0.640. The molecule has 0 saturated carbocycles. The molecule has 0 aliphatic carbocycles. The van der Waals surface area contributed by atoms with E-state index in [1.165, 1.54) is 5.56 Å². The van der Waals surface area contributed by atoms with Gasteiger partial charge in [0.05, 0.1) is 3.79 Å². The van der Waals surface area contributed by atoms with E-state index >= 15 is 0 Å². The van der Waals surface area contributed by atoms with Gasteiger partial charge in [0.2, 0.25) is 0 Å². The summed E-state index contributed by atoms with van der Waals surface area (Å²) < 4.78 is 1.04. The second-order valence-corrected chi connectivity index (χ2v) is 7.75. The van der Waals surface area contributed by atoms with Crippen LogP contribution in [0.2, 0.25) is 0 Å². The average molecular weight is 325 g/mol. The van der Waals surface area contributed by atoms with Gasteiger partial charge in [0.25, 0.3) is 0 Å². The highest BCUT2D eigenvalue weighted by Crippen LogP contribution is 2.30. The van der Waals surface area contributed by atoms with Crippen LogP contribution in [0, 0.1) is 0 Å². The molecule has 0 radical (unpaired) electrons. The van der Waals surface area contributed by atoms with Crippen molar-refractivity contribution in [3.63, 3.8) is 0 Å². The molecule has 0 saturated heterocycles. The fraction of sp³-hybridized carbons (Fsp3) is 0.333. The van der Waals surface area contributed by atoms with Crippen molar-refractivity contribution >= 4 is 27.3 Å². The molecule has 1 N–H and O–H groups in total. The lowest BCUT2D eigenvalue weighted by Gasteiger charge is -2.20. The highest BCUT2D eigenvalue weighted by atomic mass is 79.9. The third-order valence-electron chi connectivity index (χ3n) is 3.00. The third kappa shape index (κ3) is 3.02. The maximum Gasteiger partial charge on any atom is 0.105 e. The van der Waals surface area contributed by atoms with Crippen LogP contribution in [0.15, 0.2) is 39.5 Å². The summed E-state index contributed by atoms with van der Waals surface area (Å²) >= 11 is 5.01. The first-order chi connectivity index (χ1) is 8.38. The molecule has 3 heteroatoms. The lowest BCUT2D eigenvalue weighted by Crippen LogP contribution is -2.11. The van der Waals surface area contributed by atoms with E-state index < -0.39 is 6.10 Å². The van der Waals surface area contributed by atoms with Crippen LogP contribution >= 0.6 is 27.3 Å². The van der Waals surface area contributed by atoms with Crippen LogP contribution in [0.1, 0.15) is 43.6 Å². The van der Waals surface area contributed by atoms with E-state index in [0.717, 1.165) is 14.9 Å². The van der Waals surface area contributed by atoms with Crippen LogP contribution in [-0.4, -0.2) is 5.11 Å². The van der Waals surface area contributed by atoms with Crippen molar-refractivity contribution in [1.82, 2.24) is 0 Å². The molecule has 0 aliphatic rings. The molecule has 1 heterocycles. The van der Waals surface area contributed by atoms with Crippen LogP contribution in [0.5, 0.6) is 0 Å². The molecule has 2 rings (SSSR count). The van der Waals surface area contributed by atoms with Crippen LogP contribution in [0.4, 0.5) is 0 Å². The SMILES string of the molecule is CC(C)(C)c1ccc(C(O)c2csc(Br)c2)cc1. The molecule has 0 fully saturated rings. The minimum Gasteiger partial charge on any atom is -0.384 e. The molecule has 0 aliphatic heterocycles. The summed E-state index contributed by atoms with van der Waals surface area (Å²) in [5.74, 6) is 0. The summed E-state index contributed by atoms with van der Waals surface area (Å²) in [7, 11) is 0. The highest BCUT2D eigenvalue weighted by Gasteiger charge is 2.16. The van der Waals surface area contributed by atoms with Crippen molar-refractivity contribution in [2.75, 3.05) is 0 Å². The van der Waals surface area contributed by atoms with Crippen molar-refractivity contribution in [3.05, 3.63) is 56.2 Å². The molecular weight excluding hydrogens is 308 g/mol. The van der Waals surface area contributed by atoms with E-state index in [0.29, 0.717) is 0 Å². The molecule has 0 bridgehead atoms. The van der Waals surface area contributed by atoms with Gasteiger partial charge in [0.1, 0.15) is 6.10 Å². The first kappa shape index (κ1) is 13.8. The molecule has 96 valence electrons. The Balaban J connectivity index is 2.24. The van der Waals surface area contributed by atoms with Gasteiger partial charge in [-0.15, -0.1) is 11.3 Å². The molecule has 0 amide bonds. The monoisotopic (exact) mass is 324 g/mol. The minimum atomic E-state index is -0.540. The zero-order chi connectivity index (χ0) is 13.3. The molecule has 1 unspecified atom stereocenters. The Bertz CT molecular complexity index is 522. The van der Waals surface area contributed by atoms with E-state index in [9.17, 15) is 5.11 Å². The number of hydrogen-bond acceptors (Lipinski definition) is 2. The fourth-order valence-corrected chi connectivity index (χ4v) is 3.02. The fourth-order valence-electron chi connectivity index (χ4n) is 1.82. The maximum absolute atomic E-state index is 10.3. The summed E-state index contributed by atoms with van der Waals surface area (Å²) in [6.45, 7) is 6.57. The van der Waals surface area contributed by atoms with Crippen molar-refractivity contribution in [3.8, 4) is 0 Å². The van der Waals surface area contributed by atoms with Gasteiger partial charge in [0.15, 0.2) is 0 Å². The van der Waals surface area contributed by atoms with Gasteiger partial charge < -0.3 is 5.11 Å². The topological polar surface area (TPSA) is 20.2 Å². The van der Waals surface area contributed by atoms with Crippen LogP contribution in [0.3, 0.4) is 0 Å². The molecule has 0 spiro atoms. The summed E-state index contributed by atoms with van der Waals surface area (Å²) in [6, 6.07) is 10.2. The first-order valence-corrected chi connectivity index (χ1v) is 7.57. The maximum atomic E-state index is 10.3. The number of aliphatic hydroxyl groups is 1. The number of benzene rings is 1. The van der Waals surface area contributed by atoms with Crippen molar-refractivity contribution in [2.24, 2.45) is 0 Å². The van der Waals surface area contributed by atoms with E-state index in [1.807, 2.05) is 23.6 Å². The standard InChI is InChI=1S/C15H17BrOS/c1-15(2,3)12-6-4-10(5-7-12)14(17)11-8-13(16)18-9-11/h4-9,14,17H,1-3H3. The molecule has 1 atom stereocenters. The Morgan fingerprint density at radius 1 is 1.11 bits per heavy atom.